The summed E-state index contributed by atoms with van der Waals surface area (Å²) in [5.74, 6) is 0.307. The molecule has 0 aromatic heterocycles. The van der Waals surface area contributed by atoms with Gasteiger partial charge in [0.1, 0.15) is 0 Å². The van der Waals surface area contributed by atoms with Crippen molar-refractivity contribution in [1.29, 1.82) is 0 Å². The molecule has 0 fully saturated rings. The number of hydrogen-bond donors (Lipinski definition) is 0. The smallest absolute Gasteiger partial charge is 0.212 e. The van der Waals surface area contributed by atoms with Gasteiger partial charge in [-0.1, -0.05) is 33.6 Å². The third-order valence-electron chi connectivity index (χ3n) is 2.26. The number of nitrogens with zero attached hydrogens (tertiary/aromatic N) is 1. The molecule has 0 aliphatic heterocycles. The van der Waals surface area contributed by atoms with E-state index in [0.717, 1.165) is 25.7 Å². The van der Waals surface area contributed by atoms with Crippen LogP contribution in [0.1, 0.15) is 46.5 Å². The van der Waals surface area contributed by atoms with E-state index in [1.54, 1.807) is 4.31 Å². The Bertz CT molecular complexity index is 224. The first-order valence-electron chi connectivity index (χ1n) is 5.56. The number of hydrogen-bond acceptors (Lipinski definition) is 2. The zero-order valence-corrected chi connectivity index (χ0v) is 10.4. The van der Waals surface area contributed by atoms with Crippen LogP contribution >= 0.6 is 0 Å². The number of unbranched alkanes of at least 4 members (excludes halogenated alkanes) is 2. The molecular formula is C10H23NO2S. The van der Waals surface area contributed by atoms with Crippen molar-refractivity contribution in [3.8, 4) is 0 Å². The average molecular weight is 221 g/mol. The van der Waals surface area contributed by atoms with E-state index in [4.69, 9.17) is 0 Å². The van der Waals surface area contributed by atoms with Crippen LogP contribution in [0.2, 0.25) is 0 Å². The molecule has 0 radical (unpaired) electrons. The quantitative estimate of drug-likeness (QED) is 0.630. The van der Waals surface area contributed by atoms with Crippen molar-refractivity contribution >= 4 is 10.0 Å². The van der Waals surface area contributed by atoms with Crippen LogP contribution in [0.4, 0.5) is 0 Å². The minimum Gasteiger partial charge on any atom is -0.212 e. The van der Waals surface area contributed by atoms with E-state index in [-0.39, 0.29) is 0 Å². The van der Waals surface area contributed by atoms with Crippen molar-refractivity contribution in [2.24, 2.45) is 0 Å². The third kappa shape index (κ3) is 4.96. The Hall–Kier alpha value is -0.0900. The van der Waals surface area contributed by atoms with Gasteiger partial charge in [-0.2, -0.15) is 0 Å². The van der Waals surface area contributed by atoms with Crippen LogP contribution in [0.25, 0.3) is 0 Å². The fourth-order valence-corrected chi connectivity index (χ4v) is 3.00. The molecule has 14 heavy (non-hydrogen) atoms. The Morgan fingerprint density at radius 2 is 1.57 bits per heavy atom. The van der Waals surface area contributed by atoms with Gasteiger partial charge < -0.3 is 0 Å². The van der Waals surface area contributed by atoms with E-state index >= 15 is 0 Å². The van der Waals surface area contributed by atoms with Crippen molar-refractivity contribution in [1.82, 2.24) is 4.31 Å². The monoisotopic (exact) mass is 221 g/mol. The molecular weight excluding hydrogens is 198 g/mol. The zero-order valence-electron chi connectivity index (χ0n) is 9.62. The van der Waals surface area contributed by atoms with Gasteiger partial charge in [0, 0.05) is 13.1 Å². The van der Waals surface area contributed by atoms with Crippen LogP contribution in [0.3, 0.4) is 0 Å². The fourth-order valence-electron chi connectivity index (χ4n) is 1.28. The van der Waals surface area contributed by atoms with E-state index in [0.29, 0.717) is 18.8 Å². The Morgan fingerprint density at radius 3 is 2.00 bits per heavy atom. The summed E-state index contributed by atoms with van der Waals surface area (Å²) in [4.78, 5) is 0. The molecule has 0 saturated heterocycles. The summed E-state index contributed by atoms with van der Waals surface area (Å²) >= 11 is 0. The van der Waals surface area contributed by atoms with Crippen molar-refractivity contribution in [2.75, 3.05) is 18.8 Å². The minimum atomic E-state index is -2.97. The van der Waals surface area contributed by atoms with Crippen LogP contribution < -0.4 is 0 Å². The lowest BCUT2D eigenvalue weighted by molar-refractivity contribution is 0.418. The molecule has 0 heterocycles. The van der Waals surface area contributed by atoms with E-state index in [1.165, 1.54) is 0 Å². The van der Waals surface area contributed by atoms with Gasteiger partial charge in [-0.05, 0) is 12.8 Å². The second kappa shape index (κ2) is 7.23. The molecule has 0 saturated carbocycles. The second-order valence-electron chi connectivity index (χ2n) is 3.51. The molecule has 0 aliphatic carbocycles. The summed E-state index contributed by atoms with van der Waals surface area (Å²) in [5, 5.41) is 0. The van der Waals surface area contributed by atoms with Gasteiger partial charge in [-0.25, -0.2) is 12.7 Å². The highest BCUT2D eigenvalue weighted by Gasteiger charge is 2.18. The SMILES string of the molecule is CCCCN(CC)S(=O)(=O)CCCC. The minimum absolute atomic E-state index is 0.307. The molecule has 0 N–H and O–H groups in total. The Labute approximate surface area is 88.5 Å². The highest BCUT2D eigenvalue weighted by Crippen LogP contribution is 2.06. The van der Waals surface area contributed by atoms with Gasteiger partial charge in [0.2, 0.25) is 10.0 Å². The Kier molecular flexibility index (Phi) is 7.19. The lowest BCUT2D eigenvalue weighted by atomic mass is 10.3. The van der Waals surface area contributed by atoms with E-state index < -0.39 is 10.0 Å². The molecule has 0 rings (SSSR count). The zero-order chi connectivity index (χ0) is 11.0. The van der Waals surface area contributed by atoms with Crippen LogP contribution in [0.15, 0.2) is 0 Å². The largest absolute Gasteiger partial charge is 0.214 e. The van der Waals surface area contributed by atoms with E-state index in [2.05, 4.69) is 6.92 Å². The summed E-state index contributed by atoms with van der Waals surface area (Å²) in [6.45, 7) is 7.27. The first-order chi connectivity index (χ1) is 6.58. The predicted octanol–water partition coefficient (Wildman–Crippen LogP) is 2.24. The molecule has 0 spiro atoms. The van der Waals surface area contributed by atoms with Crippen LogP contribution in [-0.4, -0.2) is 31.6 Å². The normalized spacial score (nSPS) is 12.3. The van der Waals surface area contributed by atoms with Gasteiger partial charge in [-0.3, -0.25) is 0 Å². The molecule has 0 unspecified atom stereocenters. The van der Waals surface area contributed by atoms with Crippen molar-refractivity contribution in [2.45, 2.75) is 46.5 Å². The summed E-state index contributed by atoms with van der Waals surface area (Å²) in [5.41, 5.74) is 0. The van der Waals surface area contributed by atoms with E-state index in [1.807, 2.05) is 13.8 Å². The lowest BCUT2D eigenvalue weighted by Gasteiger charge is -2.19. The summed E-state index contributed by atoms with van der Waals surface area (Å²) in [6.07, 6.45) is 3.70. The van der Waals surface area contributed by atoms with Crippen molar-refractivity contribution in [3.63, 3.8) is 0 Å². The van der Waals surface area contributed by atoms with Gasteiger partial charge in [0.25, 0.3) is 0 Å². The Morgan fingerprint density at radius 1 is 1.00 bits per heavy atom. The highest BCUT2D eigenvalue weighted by molar-refractivity contribution is 7.89. The topological polar surface area (TPSA) is 37.4 Å². The third-order valence-corrected chi connectivity index (χ3v) is 4.30. The summed E-state index contributed by atoms with van der Waals surface area (Å²) in [6, 6.07) is 0. The maximum atomic E-state index is 11.8. The summed E-state index contributed by atoms with van der Waals surface area (Å²) in [7, 11) is -2.97. The molecule has 0 atom stereocenters. The number of sulfonamides is 1. The number of rotatable bonds is 8. The molecule has 0 amide bonds. The highest BCUT2D eigenvalue weighted by atomic mass is 32.2. The van der Waals surface area contributed by atoms with E-state index in [9.17, 15) is 8.42 Å². The van der Waals surface area contributed by atoms with Gasteiger partial charge in [-0.15, -0.1) is 0 Å². The first-order valence-corrected chi connectivity index (χ1v) is 7.17. The molecule has 0 aromatic carbocycles. The Balaban J connectivity index is 4.19. The van der Waals surface area contributed by atoms with Crippen LogP contribution in [-0.2, 0) is 10.0 Å². The van der Waals surface area contributed by atoms with Crippen LogP contribution in [0, 0.1) is 0 Å². The molecule has 3 nitrogen and oxygen atoms in total. The predicted molar refractivity (Wildman–Crippen MR) is 60.8 cm³/mol. The molecule has 0 bridgehead atoms. The molecule has 0 aliphatic rings. The second-order valence-corrected chi connectivity index (χ2v) is 5.60. The maximum Gasteiger partial charge on any atom is 0.214 e. The average Bonchev–Trinajstić information content (AvgIpc) is 2.16. The van der Waals surface area contributed by atoms with Crippen molar-refractivity contribution < 1.29 is 8.42 Å². The fraction of sp³-hybridized carbons (Fsp3) is 1.00. The van der Waals surface area contributed by atoms with Crippen molar-refractivity contribution in [3.05, 3.63) is 0 Å². The molecule has 4 heteroatoms. The van der Waals surface area contributed by atoms with Crippen LogP contribution in [0.5, 0.6) is 0 Å². The van der Waals surface area contributed by atoms with Gasteiger partial charge in [0.15, 0.2) is 0 Å². The van der Waals surface area contributed by atoms with Gasteiger partial charge in [0.05, 0.1) is 5.75 Å². The van der Waals surface area contributed by atoms with Gasteiger partial charge >= 0.3 is 0 Å². The maximum absolute atomic E-state index is 11.8. The molecule has 0 aromatic rings. The first kappa shape index (κ1) is 13.9. The standard InChI is InChI=1S/C10H23NO2S/c1-4-7-9-11(6-3)14(12,13)10-8-5-2/h4-10H2,1-3H3. The lowest BCUT2D eigenvalue weighted by Crippen LogP contribution is -2.33. The summed E-state index contributed by atoms with van der Waals surface area (Å²) < 4.78 is 25.1. The molecule has 86 valence electrons.